The van der Waals surface area contributed by atoms with Crippen molar-refractivity contribution in [2.45, 2.75) is 12.8 Å². The molecule has 0 aliphatic carbocycles. The van der Waals surface area contributed by atoms with Gasteiger partial charge >= 0.3 is 0 Å². The molecule has 0 fully saturated rings. The van der Waals surface area contributed by atoms with Crippen LogP contribution in [0.4, 0.5) is 0 Å². The Morgan fingerprint density at radius 2 is 1.83 bits per heavy atom. The van der Waals surface area contributed by atoms with E-state index in [4.69, 9.17) is 4.74 Å². The maximum Gasteiger partial charge on any atom is 0.181 e. The lowest BCUT2D eigenvalue weighted by molar-refractivity contribution is -0.117. The summed E-state index contributed by atoms with van der Waals surface area (Å²) in [7, 11) is 1.62. The van der Waals surface area contributed by atoms with Crippen LogP contribution in [0, 0.1) is 0 Å². The molecule has 116 valence electrons. The number of ketones is 1. The molecule has 0 aliphatic rings. The van der Waals surface area contributed by atoms with Gasteiger partial charge in [-0.05, 0) is 29.8 Å². The van der Waals surface area contributed by atoms with Gasteiger partial charge in [-0.25, -0.2) is 4.98 Å². The Hall–Kier alpha value is -3.02. The highest BCUT2D eigenvalue weighted by Crippen LogP contribution is 2.14. The molecule has 2 heterocycles. The summed E-state index contributed by atoms with van der Waals surface area (Å²) in [5.74, 6) is 1.99. The molecule has 0 amide bonds. The number of methoxy groups -OCH3 is 1. The van der Waals surface area contributed by atoms with E-state index in [0.717, 1.165) is 16.9 Å². The molecule has 0 radical (unpaired) electrons. The molecule has 6 nitrogen and oxygen atoms in total. The molecule has 6 heteroatoms. The van der Waals surface area contributed by atoms with Crippen molar-refractivity contribution in [2.75, 3.05) is 7.11 Å². The molecule has 23 heavy (non-hydrogen) atoms. The lowest BCUT2D eigenvalue weighted by Gasteiger charge is -2.02. The summed E-state index contributed by atoms with van der Waals surface area (Å²) in [6.45, 7) is 0. The van der Waals surface area contributed by atoms with Gasteiger partial charge in [0.1, 0.15) is 17.4 Å². The number of pyridine rings is 1. The minimum Gasteiger partial charge on any atom is -0.497 e. The van der Waals surface area contributed by atoms with Crippen LogP contribution in [-0.2, 0) is 17.6 Å². The maximum atomic E-state index is 12.2. The second-order valence-electron chi connectivity index (χ2n) is 5.08. The van der Waals surface area contributed by atoms with E-state index < -0.39 is 0 Å². The molecular formula is C17H16N4O2. The molecule has 1 aromatic carbocycles. The molecule has 0 saturated carbocycles. The van der Waals surface area contributed by atoms with Crippen LogP contribution in [0.3, 0.4) is 0 Å². The SMILES string of the molecule is COc1ccc(CC(=O)Cc2nc(-c3ccncc3)n[nH]2)cc1. The predicted octanol–water partition coefficient (Wildman–Crippen LogP) is 2.23. The van der Waals surface area contributed by atoms with Crippen molar-refractivity contribution in [3.8, 4) is 17.1 Å². The fraction of sp³-hybridized carbons (Fsp3) is 0.176. The van der Waals surface area contributed by atoms with E-state index in [1.54, 1.807) is 19.5 Å². The Kier molecular flexibility index (Phi) is 4.42. The van der Waals surface area contributed by atoms with Gasteiger partial charge in [-0.1, -0.05) is 12.1 Å². The van der Waals surface area contributed by atoms with Crippen LogP contribution in [-0.4, -0.2) is 33.1 Å². The van der Waals surface area contributed by atoms with Crippen LogP contribution in [0.1, 0.15) is 11.4 Å². The van der Waals surface area contributed by atoms with Gasteiger partial charge in [-0.3, -0.25) is 14.9 Å². The van der Waals surface area contributed by atoms with Gasteiger partial charge in [-0.2, -0.15) is 5.10 Å². The number of ether oxygens (including phenoxy) is 1. The van der Waals surface area contributed by atoms with E-state index >= 15 is 0 Å². The minimum atomic E-state index is 0.0765. The van der Waals surface area contributed by atoms with Crippen molar-refractivity contribution in [3.63, 3.8) is 0 Å². The van der Waals surface area contributed by atoms with E-state index in [-0.39, 0.29) is 12.2 Å². The molecule has 2 aromatic heterocycles. The highest BCUT2D eigenvalue weighted by molar-refractivity contribution is 5.82. The van der Waals surface area contributed by atoms with E-state index in [1.807, 2.05) is 36.4 Å². The second kappa shape index (κ2) is 6.83. The van der Waals surface area contributed by atoms with Crippen molar-refractivity contribution >= 4 is 5.78 Å². The molecular weight excluding hydrogens is 292 g/mol. The van der Waals surface area contributed by atoms with Gasteiger partial charge in [0, 0.05) is 24.4 Å². The van der Waals surface area contributed by atoms with Crippen LogP contribution in [0.15, 0.2) is 48.8 Å². The fourth-order valence-corrected chi connectivity index (χ4v) is 2.22. The topological polar surface area (TPSA) is 80.8 Å². The Morgan fingerprint density at radius 1 is 1.09 bits per heavy atom. The number of aromatic amines is 1. The van der Waals surface area contributed by atoms with Crippen LogP contribution in [0.25, 0.3) is 11.4 Å². The van der Waals surface area contributed by atoms with Crippen molar-refractivity contribution in [2.24, 2.45) is 0 Å². The van der Waals surface area contributed by atoms with Crippen molar-refractivity contribution < 1.29 is 9.53 Å². The fourth-order valence-electron chi connectivity index (χ4n) is 2.22. The molecule has 3 aromatic rings. The monoisotopic (exact) mass is 308 g/mol. The molecule has 0 spiro atoms. The summed E-state index contributed by atoms with van der Waals surface area (Å²) in [5, 5.41) is 6.95. The highest BCUT2D eigenvalue weighted by Gasteiger charge is 2.10. The van der Waals surface area contributed by atoms with Crippen LogP contribution < -0.4 is 4.74 Å². The third-order valence-electron chi connectivity index (χ3n) is 3.40. The Labute approximate surface area is 133 Å². The Bertz CT molecular complexity index is 782. The van der Waals surface area contributed by atoms with E-state index in [0.29, 0.717) is 18.1 Å². The van der Waals surface area contributed by atoms with Crippen molar-refractivity contribution in [1.82, 2.24) is 20.2 Å². The first-order valence-electron chi connectivity index (χ1n) is 7.21. The molecule has 1 N–H and O–H groups in total. The lowest BCUT2D eigenvalue weighted by atomic mass is 10.1. The van der Waals surface area contributed by atoms with E-state index in [9.17, 15) is 4.79 Å². The zero-order chi connectivity index (χ0) is 16.1. The molecule has 0 bridgehead atoms. The van der Waals surface area contributed by atoms with Gasteiger partial charge in [0.15, 0.2) is 5.82 Å². The number of aromatic nitrogens is 4. The quantitative estimate of drug-likeness (QED) is 0.755. The number of rotatable bonds is 6. The standard InChI is InChI=1S/C17H16N4O2/c1-23-15-4-2-12(3-5-15)10-14(22)11-16-19-17(21-20-16)13-6-8-18-9-7-13/h2-9H,10-11H2,1H3,(H,19,20,21). The number of Topliss-reactive ketones (excluding diaryl/α,β-unsaturated/α-hetero) is 1. The first-order valence-corrected chi connectivity index (χ1v) is 7.21. The Morgan fingerprint density at radius 3 is 2.52 bits per heavy atom. The normalized spacial score (nSPS) is 10.5. The average Bonchev–Trinajstić information content (AvgIpc) is 3.04. The van der Waals surface area contributed by atoms with Crippen LogP contribution >= 0.6 is 0 Å². The zero-order valence-corrected chi connectivity index (χ0v) is 12.7. The summed E-state index contributed by atoms with van der Waals surface area (Å²) >= 11 is 0. The van der Waals surface area contributed by atoms with Crippen LogP contribution in [0.5, 0.6) is 5.75 Å². The largest absolute Gasteiger partial charge is 0.497 e. The number of carbonyl (C=O) groups is 1. The molecule has 3 rings (SSSR count). The lowest BCUT2D eigenvalue weighted by Crippen LogP contribution is -2.07. The van der Waals surface area contributed by atoms with Crippen molar-refractivity contribution in [1.29, 1.82) is 0 Å². The first kappa shape index (κ1) is 14.9. The highest BCUT2D eigenvalue weighted by atomic mass is 16.5. The zero-order valence-electron chi connectivity index (χ0n) is 12.7. The summed E-state index contributed by atoms with van der Waals surface area (Å²) in [6, 6.07) is 11.1. The summed E-state index contributed by atoms with van der Waals surface area (Å²) in [5.41, 5.74) is 1.81. The number of hydrogen-bond acceptors (Lipinski definition) is 5. The van der Waals surface area contributed by atoms with Gasteiger partial charge < -0.3 is 4.74 Å². The molecule has 0 unspecified atom stereocenters. The first-order chi connectivity index (χ1) is 11.2. The number of benzene rings is 1. The van der Waals surface area contributed by atoms with Gasteiger partial charge in [0.05, 0.1) is 13.5 Å². The van der Waals surface area contributed by atoms with E-state index in [2.05, 4.69) is 20.2 Å². The minimum absolute atomic E-state index is 0.0765. The molecule has 0 saturated heterocycles. The number of nitrogens with one attached hydrogen (secondary N) is 1. The average molecular weight is 308 g/mol. The predicted molar refractivity (Wildman–Crippen MR) is 85.0 cm³/mol. The van der Waals surface area contributed by atoms with Gasteiger partial charge in [0.25, 0.3) is 0 Å². The number of hydrogen-bond donors (Lipinski definition) is 1. The van der Waals surface area contributed by atoms with Crippen LogP contribution in [0.2, 0.25) is 0 Å². The number of carbonyl (C=O) groups excluding carboxylic acids is 1. The summed E-state index contributed by atoms with van der Waals surface area (Å²) in [6.07, 6.45) is 3.94. The third-order valence-corrected chi connectivity index (χ3v) is 3.40. The second-order valence-corrected chi connectivity index (χ2v) is 5.08. The van der Waals surface area contributed by atoms with E-state index in [1.165, 1.54) is 0 Å². The Balaban J connectivity index is 1.63. The number of nitrogens with zero attached hydrogens (tertiary/aromatic N) is 3. The maximum absolute atomic E-state index is 12.2. The number of H-pyrrole nitrogens is 1. The summed E-state index contributed by atoms with van der Waals surface area (Å²) in [4.78, 5) is 20.5. The molecule has 0 aliphatic heterocycles. The van der Waals surface area contributed by atoms with Gasteiger partial charge in [-0.15, -0.1) is 0 Å². The summed E-state index contributed by atoms with van der Waals surface area (Å²) < 4.78 is 5.10. The smallest absolute Gasteiger partial charge is 0.181 e. The molecule has 0 atom stereocenters. The third kappa shape index (κ3) is 3.79. The van der Waals surface area contributed by atoms with Crippen molar-refractivity contribution in [3.05, 3.63) is 60.2 Å². The van der Waals surface area contributed by atoms with Gasteiger partial charge in [0.2, 0.25) is 0 Å².